The van der Waals surface area contributed by atoms with Crippen molar-refractivity contribution in [2.45, 2.75) is 39.1 Å². The molecule has 1 amide bonds. The van der Waals surface area contributed by atoms with Crippen LogP contribution in [0.4, 0.5) is 10.5 Å². The Labute approximate surface area is 238 Å². The van der Waals surface area contributed by atoms with E-state index in [2.05, 4.69) is 10.1 Å². The number of pyridine rings is 1. The lowest BCUT2D eigenvalue weighted by atomic mass is 10.0. The van der Waals surface area contributed by atoms with E-state index in [-0.39, 0.29) is 11.4 Å². The Balaban J connectivity index is 1.56. The van der Waals surface area contributed by atoms with Gasteiger partial charge in [-0.15, -0.1) is 0 Å². The molecule has 0 saturated heterocycles. The third kappa shape index (κ3) is 5.26. The van der Waals surface area contributed by atoms with Crippen LogP contribution < -0.4 is 9.64 Å². The summed E-state index contributed by atoms with van der Waals surface area (Å²) in [6.07, 6.45) is 2.07. The molecule has 10 heteroatoms. The van der Waals surface area contributed by atoms with Gasteiger partial charge in [0.05, 0.1) is 36.0 Å². The van der Waals surface area contributed by atoms with Crippen LogP contribution in [0.2, 0.25) is 0 Å². The predicted octanol–water partition coefficient (Wildman–Crippen LogP) is 6.26. The summed E-state index contributed by atoms with van der Waals surface area (Å²) in [6.45, 7) is 7.55. The number of hydrogen-bond acceptors (Lipinski definition) is 6. The van der Waals surface area contributed by atoms with Gasteiger partial charge < -0.3 is 9.84 Å². The highest BCUT2D eigenvalue weighted by Gasteiger charge is 2.22. The average Bonchev–Trinajstić information content (AvgIpc) is 3.37. The summed E-state index contributed by atoms with van der Waals surface area (Å²) < 4.78 is 33.4. The van der Waals surface area contributed by atoms with Crippen molar-refractivity contribution in [2.24, 2.45) is 0 Å². The van der Waals surface area contributed by atoms with E-state index in [0.717, 1.165) is 37.5 Å². The summed E-state index contributed by atoms with van der Waals surface area (Å²) in [6, 6.07) is 17.6. The summed E-state index contributed by atoms with van der Waals surface area (Å²) in [7, 11) is -2.35. The SMILES string of the molecule is COc1c(C)cnc(CN(C(=O)O)c2cc(C)cc(-c3ccc4cnn(S(=O)(=O)c5ccc(C)cc5)c4c3)c2)c1C. The first kappa shape index (κ1) is 27.9. The smallest absolute Gasteiger partial charge is 0.412 e. The quantitative estimate of drug-likeness (QED) is 0.246. The number of benzene rings is 3. The number of amides is 1. The molecule has 0 spiro atoms. The van der Waals surface area contributed by atoms with E-state index in [4.69, 9.17) is 4.74 Å². The van der Waals surface area contributed by atoms with Crippen molar-refractivity contribution < 1.29 is 23.1 Å². The molecule has 0 radical (unpaired) electrons. The van der Waals surface area contributed by atoms with Crippen molar-refractivity contribution in [3.63, 3.8) is 0 Å². The van der Waals surface area contributed by atoms with Gasteiger partial charge in [0, 0.05) is 28.4 Å². The third-order valence-electron chi connectivity index (χ3n) is 7.08. The number of nitrogens with zero attached hydrogens (tertiary/aromatic N) is 4. The van der Waals surface area contributed by atoms with Gasteiger partial charge >= 0.3 is 6.09 Å². The molecule has 0 aliphatic heterocycles. The maximum atomic E-state index is 13.4. The minimum absolute atomic E-state index is 0.0291. The van der Waals surface area contributed by atoms with Gasteiger partial charge in [-0.3, -0.25) is 9.88 Å². The van der Waals surface area contributed by atoms with Crippen LogP contribution in [0.1, 0.15) is 27.9 Å². The van der Waals surface area contributed by atoms with Gasteiger partial charge in [0.25, 0.3) is 10.0 Å². The molecule has 210 valence electrons. The molecule has 9 nitrogen and oxygen atoms in total. The van der Waals surface area contributed by atoms with E-state index >= 15 is 0 Å². The van der Waals surface area contributed by atoms with Gasteiger partial charge in [0.2, 0.25) is 0 Å². The highest BCUT2D eigenvalue weighted by Crippen LogP contribution is 2.32. The molecule has 0 fully saturated rings. The van der Waals surface area contributed by atoms with E-state index < -0.39 is 16.1 Å². The lowest BCUT2D eigenvalue weighted by Crippen LogP contribution is -2.29. The lowest BCUT2D eigenvalue weighted by Gasteiger charge is -2.22. The first-order valence-corrected chi connectivity index (χ1v) is 14.3. The molecule has 0 aliphatic carbocycles. The Kier molecular flexibility index (Phi) is 7.27. The van der Waals surface area contributed by atoms with Crippen LogP contribution in [0.3, 0.4) is 0 Å². The highest BCUT2D eigenvalue weighted by atomic mass is 32.2. The Morgan fingerprint density at radius 3 is 2.34 bits per heavy atom. The Morgan fingerprint density at radius 2 is 1.66 bits per heavy atom. The second kappa shape index (κ2) is 10.7. The van der Waals surface area contributed by atoms with Gasteiger partial charge in [0.1, 0.15) is 5.75 Å². The molecule has 0 saturated carbocycles. The number of aromatic nitrogens is 3. The van der Waals surface area contributed by atoms with Crippen molar-refractivity contribution in [3.05, 3.63) is 101 Å². The minimum atomic E-state index is -3.92. The fourth-order valence-electron chi connectivity index (χ4n) is 4.91. The van der Waals surface area contributed by atoms with Gasteiger partial charge in [-0.25, -0.2) is 4.79 Å². The van der Waals surface area contributed by atoms with Gasteiger partial charge in [-0.1, -0.05) is 35.9 Å². The van der Waals surface area contributed by atoms with Crippen molar-refractivity contribution in [3.8, 4) is 16.9 Å². The van der Waals surface area contributed by atoms with E-state index in [1.807, 2.05) is 45.9 Å². The predicted molar refractivity (Wildman–Crippen MR) is 158 cm³/mol. The fraction of sp³-hybridized carbons (Fsp3) is 0.194. The van der Waals surface area contributed by atoms with E-state index in [0.29, 0.717) is 28.0 Å². The molecular formula is C31H30N4O5S. The third-order valence-corrected chi connectivity index (χ3v) is 8.69. The van der Waals surface area contributed by atoms with Crippen molar-refractivity contribution in [1.82, 2.24) is 14.2 Å². The Hall–Kier alpha value is -4.70. The van der Waals surface area contributed by atoms with Crippen LogP contribution >= 0.6 is 0 Å². The molecule has 0 atom stereocenters. The summed E-state index contributed by atoms with van der Waals surface area (Å²) in [5.41, 5.74) is 6.38. The molecule has 0 unspecified atom stereocenters. The topological polar surface area (TPSA) is 115 Å². The van der Waals surface area contributed by atoms with Crippen molar-refractivity contribution >= 4 is 32.7 Å². The maximum absolute atomic E-state index is 13.4. The van der Waals surface area contributed by atoms with E-state index in [1.54, 1.807) is 55.8 Å². The normalized spacial score (nSPS) is 11.5. The molecular weight excluding hydrogens is 540 g/mol. The zero-order valence-corrected chi connectivity index (χ0v) is 24.2. The number of rotatable bonds is 7. The summed E-state index contributed by atoms with van der Waals surface area (Å²) in [4.78, 5) is 18.3. The number of anilines is 1. The summed E-state index contributed by atoms with van der Waals surface area (Å²) in [5, 5.41) is 15.0. The number of fused-ring (bicyclic) bond motifs is 1. The lowest BCUT2D eigenvalue weighted by molar-refractivity contribution is 0.201. The van der Waals surface area contributed by atoms with Crippen LogP contribution in [0.5, 0.6) is 5.75 Å². The molecule has 41 heavy (non-hydrogen) atoms. The highest BCUT2D eigenvalue weighted by molar-refractivity contribution is 7.90. The van der Waals surface area contributed by atoms with Gasteiger partial charge in [0.15, 0.2) is 0 Å². The van der Waals surface area contributed by atoms with Crippen LogP contribution in [0.15, 0.2) is 78.0 Å². The van der Waals surface area contributed by atoms with Crippen LogP contribution in [-0.2, 0) is 16.6 Å². The van der Waals surface area contributed by atoms with Crippen LogP contribution in [-0.4, -0.2) is 40.9 Å². The first-order valence-electron chi connectivity index (χ1n) is 12.9. The zero-order chi connectivity index (χ0) is 29.5. The van der Waals surface area contributed by atoms with Gasteiger partial charge in [-0.2, -0.15) is 17.6 Å². The van der Waals surface area contributed by atoms with Gasteiger partial charge in [-0.05, 0) is 74.7 Å². The maximum Gasteiger partial charge on any atom is 0.412 e. The molecule has 5 aromatic rings. The Bertz CT molecular complexity index is 1900. The Morgan fingerprint density at radius 1 is 0.927 bits per heavy atom. The monoisotopic (exact) mass is 570 g/mol. The summed E-state index contributed by atoms with van der Waals surface area (Å²) in [5.74, 6) is 0.677. The molecule has 2 aromatic heterocycles. The fourth-order valence-corrected chi connectivity index (χ4v) is 6.18. The van der Waals surface area contributed by atoms with Crippen LogP contribution in [0.25, 0.3) is 22.0 Å². The molecule has 3 aromatic carbocycles. The van der Waals surface area contributed by atoms with E-state index in [9.17, 15) is 18.3 Å². The average molecular weight is 571 g/mol. The number of ether oxygens (including phenoxy) is 1. The molecule has 2 heterocycles. The molecule has 0 aliphatic rings. The van der Waals surface area contributed by atoms with Crippen molar-refractivity contribution in [2.75, 3.05) is 12.0 Å². The van der Waals surface area contributed by atoms with Crippen molar-refractivity contribution in [1.29, 1.82) is 0 Å². The number of hydrogen-bond donors (Lipinski definition) is 1. The minimum Gasteiger partial charge on any atom is -0.496 e. The second-order valence-electron chi connectivity index (χ2n) is 10.1. The first-order chi connectivity index (χ1) is 19.5. The number of methoxy groups -OCH3 is 1. The number of carboxylic acid groups (broad SMARTS) is 1. The second-order valence-corrected chi connectivity index (χ2v) is 11.8. The van der Waals surface area contributed by atoms with E-state index in [1.165, 1.54) is 11.1 Å². The zero-order valence-electron chi connectivity index (χ0n) is 23.4. The van der Waals surface area contributed by atoms with Crippen LogP contribution in [0, 0.1) is 27.7 Å². The number of aryl methyl sites for hydroxylation is 3. The number of carbonyl (C=O) groups is 1. The molecule has 5 rings (SSSR count). The summed E-state index contributed by atoms with van der Waals surface area (Å²) >= 11 is 0. The standard InChI is InChI=1S/C31H30N4O5S/c1-19-6-10-27(11-7-19)41(38,39)35-29-15-23(8-9-24(29)17-33-35)25-12-20(2)13-26(14-25)34(31(36)37)18-28-22(4)30(40-5)21(3)16-32-28/h6-17H,18H2,1-5H3,(H,36,37). The largest absolute Gasteiger partial charge is 0.496 e. The molecule has 0 bridgehead atoms. The molecule has 1 N–H and O–H groups in total.